The van der Waals surface area contributed by atoms with E-state index >= 15 is 0 Å². The van der Waals surface area contributed by atoms with Crippen LogP contribution in [0.1, 0.15) is 18.9 Å². The van der Waals surface area contributed by atoms with Crippen LogP contribution in [0.15, 0.2) is 30.3 Å². The minimum atomic E-state index is -0.571. The zero-order chi connectivity index (χ0) is 16.9. The summed E-state index contributed by atoms with van der Waals surface area (Å²) in [6.07, 6.45) is 0.995. The standard InChI is InChI=1S/C17H25N5O2.ClH/c1-11(16(23)19-9-12-5-3-2-4-6-12)20-17(24)15-13-10-18-8-7-14(13)21-22-15;/h2-6,11,13-15,18,21-22H,7-10H2,1H3,(H,19,23)(H,20,24);1H. The van der Waals surface area contributed by atoms with Gasteiger partial charge in [-0.15, -0.1) is 12.4 Å². The van der Waals surface area contributed by atoms with Crippen LogP contribution in [-0.2, 0) is 16.1 Å². The van der Waals surface area contributed by atoms with Crippen molar-refractivity contribution >= 4 is 24.2 Å². The zero-order valence-electron chi connectivity index (χ0n) is 14.2. The van der Waals surface area contributed by atoms with Gasteiger partial charge in [0.2, 0.25) is 11.8 Å². The molecule has 0 aromatic heterocycles. The minimum Gasteiger partial charge on any atom is -0.350 e. The van der Waals surface area contributed by atoms with E-state index in [0.29, 0.717) is 12.6 Å². The number of carbonyl (C=O) groups is 2. The molecule has 0 radical (unpaired) electrons. The Bertz CT molecular complexity index is 586. The quantitative estimate of drug-likeness (QED) is 0.492. The molecule has 2 aliphatic heterocycles. The predicted molar refractivity (Wildman–Crippen MR) is 98.0 cm³/mol. The molecule has 2 saturated heterocycles. The minimum absolute atomic E-state index is 0. The predicted octanol–water partition coefficient (Wildman–Crippen LogP) is -0.316. The molecule has 2 amide bonds. The van der Waals surface area contributed by atoms with Gasteiger partial charge in [0.25, 0.3) is 0 Å². The number of piperidine rings is 1. The number of hydrogen-bond donors (Lipinski definition) is 5. The number of hydrazine groups is 1. The highest BCUT2D eigenvalue weighted by molar-refractivity contribution is 5.89. The molecule has 5 N–H and O–H groups in total. The van der Waals surface area contributed by atoms with Crippen molar-refractivity contribution < 1.29 is 9.59 Å². The normalized spacial score (nSPS) is 26.0. The van der Waals surface area contributed by atoms with Crippen molar-refractivity contribution in [1.82, 2.24) is 26.8 Å². The maximum absolute atomic E-state index is 12.5. The number of hydrogen-bond acceptors (Lipinski definition) is 5. The SMILES string of the molecule is CC(NC(=O)C1NNC2CCNCC21)C(=O)NCc1ccccc1.Cl. The Morgan fingerprint density at radius 2 is 2.00 bits per heavy atom. The van der Waals surface area contributed by atoms with Crippen molar-refractivity contribution in [2.45, 2.75) is 38.0 Å². The summed E-state index contributed by atoms with van der Waals surface area (Å²) < 4.78 is 0. The van der Waals surface area contributed by atoms with Crippen LogP contribution in [0.4, 0.5) is 0 Å². The Hall–Kier alpha value is -1.67. The van der Waals surface area contributed by atoms with E-state index in [1.54, 1.807) is 6.92 Å². The van der Waals surface area contributed by atoms with Gasteiger partial charge in [-0.3, -0.25) is 15.0 Å². The monoisotopic (exact) mass is 367 g/mol. The summed E-state index contributed by atoms with van der Waals surface area (Å²) >= 11 is 0. The summed E-state index contributed by atoms with van der Waals surface area (Å²) in [5.41, 5.74) is 7.28. The molecule has 2 aliphatic rings. The van der Waals surface area contributed by atoms with Crippen molar-refractivity contribution in [2.24, 2.45) is 5.92 Å². The van der Waals surface area contributed by atoms with Gasteiger partial charge in [-0.1, -0.05) is 30.3 Å². The highest BCUT2D eigenvalue weighted by Crippen LogP contribution is 2.20. The fourth-order valence-electron chi connectivity index (χ4n) is 3.28. The van der Waals surface area contributed by atoms with E-state index in [2.05, 4.69) is 26.8 Å². The molecule has 2 fully saturated rings. The van der Waals surface area contributed by atoms with Crippen molar-refractivity contribution in [3.8, 4) is 0 Å². The van der Waals surface area contributed by atoms with Gasteiger partial charge in [0.1, 0.15) is 12.1 Å². The van der Waals surface area contributed by atoms with Gasteiger partial charge in [-0.25, -0.2) is 5.43 Å². The average Bonchev–Trinajstić information content (AvgIpc) is 3.04. The molecular formula is C17H26ClN5O2. The summed E-state index contributed by atoms with van der Waals surface area (Å²) in [5.74, 6) is -0.115. The topological polar surface area (TPSA) is 94.3 Å². The van der Waals surface area contributed by atoms with Crippen LogP contribution < -0.4 is 26.8 Å². The Labute approximate surface area is 154 Å². The van der Waals surface area contributed by atoms with Gasteiger partial charge in [0.05, 0.1) is 0 Å². The molecule has 7 nitrogen and oxygen atoms in total. The molecule has 3 rings (SSSR count). The van der Waals surface area contributed by atoms with Gasteiger partial charge in [-0.2, -0.15) is 0 Å². The van der Waals surface area contributed by atoms with Gasteiger partial charge in [-0.05, 0) is 25.5 Å². The molecule has 8 heteroatoms. The van der Waals surface area contributed by atoms with Gasteiger partial charge in [0, 0.05) is 25.0 Å². The number of carbonyl (C=O) groups excluding carboxylic acids is 2. The average molecular weight is 368 g/mol. The number of amides is 2. The molecule has 25 heavy (non-hydrogen) atoms. The third-order valence-electron chi connectivity index (χ3n) is 4.73. The van der Waals surface area contributed by atoms with Crippen LogP contribution in [0, 0.1) is 5.92 Å². The van der Waals surface area contributed by atoms with Gasteiger partial charge in [0.15, 0.2) is 0 Å². The fourth-order valence-corrected chi connectivity index (χ4v) is 3.28. The third kappa shape index (κ3) is 4.92. The highest BCUT2D eigenvalue weighted by Gasteiger charge is 2.41. The molecular weight excluding hydrogens is 342 g/mol. The molecule has 0 spiro atoms. The molecule has 0 aliphatic carbocycles. The smallest absolute Gasteiger partial charge is 0.242 e. The maximum Gasteiger partial charge on any atom is 0.242 e. The molecule has 1 aromatic carbocycles. The van der Waals surface area contributed by atoms with E-state index < -0.39 is 6.04 Å². The van der Waals surface area contributed by atoms with Crippen LogP contribution in [0.2, 0.25) is 0 Å². The van der Waals surface area contributed by atoms with E-state index in [1.807, 2.05) is 30.3 Å². The van der Waals surface area contributed by atoms with E-state index in [0.717, 1.165) is 25.1 Å². The second-order valence-corrected chi connectivity index (χ2v) is 6.46. The lowest BCUT2D eigenvalue weighted by Crippen LogP contribution is -2.53. The van der Waals surface area contributed by atoms with E-state index in [-0.39, 0.29) is 36.2 Å². The molecule has 0 saturated carbocycles. The van der Waals surface area contributed by atoms with Crippen molar-refractivity contribution in [3.63, 3.8) is 0 Å². The summed E-state index contributed by atoms with van der Waals surface area (Å²) in [6, 6.07) is 9.13. The first kappa shape index (κ1) is 19.7. The van der Waals surface area contributed by atoms with E-state index in [9.17, 15) is 9.59 Å². The summed E-state index contributed by atoms with van der Waals surface area (Å²) in [7, 11) is 0. The lowest BCUT2D eigenvalue weighted by molar-refractivity contribution is -0.130. The van der Waals surface area contributed by atoms with Gasteiger partial charge >= 0.3 is 0 Å². The Balaban J connectivity index is 0.00000225. The second kappa shape index (κ2) is 9.15. The summed E-state index contributed by atoms with van der Waals surface area (Å²) in [6.45, 7) is 3.93. The van der Waals surface area contributed by atoms with Crippen molar-refractivity contribution in [3.05, 3.63) is 35.9 Å². The van der Waals surface area contributed by atoms with Gasteiger partial charge < -0.3 is 16.0 Å². The van der Waals surface area contributed by atoms with Crippen LogP contribution in [-0.4, -0.2) is 43.0 Å². The number of fused-ring (bicyclic) bond motifs is 1. The highest BCUT2D eigenvalue weighted by atomic mass is 35.5. The number of halogens is 1. The molecule has 4 unspecified atom stereocenters. The Morgan fingerprint density at radius 3 is 2.76 bits per heavy atom. The van der Waals surface area contributed by atoms with Crippen LogP contribution in [0.3, 0.4) is 0 Å². The molecule has 2 heterocycles. The molecule has 138 valence electrons. The fraction of sp³-hybridized carbons (Fsp3) is 0.529. The molecule has 1 aromatic rings. The molecule has 0 bridgehead atoms. The number of rotatable bonds is 5. The zero-order valence-corrected chi connectivity index (χ0v) is 15.1. The summed E-state index contributed by atoms with van der Waals surface area (Å²) in [4.78, 5) is 24.6. The van der Waals surface area contributed by atoms with Crippen molar-refractivity contribution in [2.75, 3.05) is 13.1 Å². The van der Waals surface area contributed by atoms with E-state index in [1.165, 1.54) is 0 Å². The van der Waals surface area contributed by atoms with Crippen LogP contribution in [0.25, 0.3) is 0 Å². The summed E-state index contributed by atoms with van der Waals surface area (Å²) in [5, 5.41) is 8.97. The lowest BCUT2D eigenvalue weighted by atomic mass is 9.89. The second-order valence-electron chi connectivity index (χ2n) is 6.46. The van der Waals surface area contributed by atoms with Crippen LogP contribution in [0.5, 0.6) is 0 Å². The first-order chi connectivity index (χ1) is 11.6. The van der Waals surface area contributed by atoms with E-state index in [4.69, 9.17) is 0 Å². The first-order valence-electron chi connectivity index (χ1n) is 8.49. The Kier molecular flexibility index (Phi) is 7.19. The first-order valence-corrected chi connectivity index (χ1v) is 8.49. The number of nitrogens with one attached hydrogen (secondary N) is 5. The maximum atomic E-state index is 12.5. The third-order valence-corrected chi connectivity index (χ3v) is 4.73. The lowest BCUT2D eigenvalue weighted by Gasteiger charge is -2.28. The van der Waals surface area contributed by atoms with Crippen molar-refractivity contribution in [1.29, 1.82) is 0 Å². The Morgan fingerprint density at radius 1 is 1.24 bits per heavy atom. The largest absolute Gasteiger partial charge is 0.350 e. The number of benzene rings is 1. The molecule has 4 atom stereocenters. The van der Waals surface area contributed by atoms with Crippen LogP contribution >= 0.6 is 12.4 Å².